The third-order valence-corrected chi connectivity index (χ3v) is 10.5. The first kappa shape index (κ1) is 21.2. The average Bonchev–Trinajstić information content (AvgIpc) is 3.09. The Morgan fingerprint density at radius 1 is 0.933 bits per heavy atom. The van der Waals surface area contributed by atoms with Crippen molar-refractivity contribution >= 4 is 5.91 Å². The van der Waals surface area contributed by atoms with Crippen LogP contribution in [-0.2, 0) is 9.53 Å². The highest BCUT2D eigenvalue weighted by Crippen LogP contribution is 2.64. The Kier molecular flexibility index (Phi) is 5.71. The van der Waals surface area contributed by atoms with Crippen LogP contribution in [0.5, 0.6) is 0 Å². The van der Waals surface area contributed by atoms with E-state index in [2.05, 4.69) is 12.2 Å². The number of carbonyl (C=O) groups excluding carboxylic acids is 1. The number of rotatable bonds is 3. The summed E-state index contributed by atoms with van der Waals surface area (Å²) in [5, 5.41) is 13.9. The van der Waals surface area contributed by atoms with Crippen LogP contribution in [-0.4, -0.2) is 36.4 Å². The summed E-state index contributed by atoms with van der Waals surface area (Å²) in [5.74, 6) is 5.12. The van der Waals surface area contributed by atoms with Gasteiger partial charge in [-0.3, -0.25) is 4.79 Å². The highest BCUT2D eigenvalue weighted by Gasteiger charge is 2.58. The van der Waals surface area contributed by atoms with Gasteiger partial charge in [0, 0.05) is 25.7 Å². The molecule has 4 saturated carbocycles. The lowest BCUT2D eigenvalue weighted by Gasteiger charge is -2.56. The first-order chi connectivity index (χ1) is 14.4. The topological polar surface area (TPSA) is 58.6 Å². The van der Waals surface area contributed by atoms with Crippen LogP contribution in [0, 0.1) is 46.8 Å². The van der Waals surface area contributed by atoms with Crippen LogP contribution in [0.25, 0.3) is 0 Å². The summed E-state index contributed by atoms with van der Waals surface area (Å²) in [5.41, 5.74) is -0.230. The summed E-state index contributed by atoms with van der Waals surface area (Å²) >= 11 is 0. The third kappa shape index (κ3) is 3.74. The van der Waals surface area contributed by atoms with Crippen LogP contribution in [0.4, 0.5) is 0 Å². The number of ether oxygens (including phenoxy) is 1. The fourth-order valence-electron chi connectivity index (χ4n) is 8.83. The molecule has 1 heterocycles. The standard InChI is InChI=1S/C26H43NO3/c1-25(29)11-7-19-18(15-25)3-4-21-20(19)8-12-26(2)22(21)5-6-23(26)24(28)27-16-17-9-13-30-14-10-17/h17-23,29H,3-16H2,1-2H3,(H,27,28)/t18-,19+,20-,21-,22+,23-,25-,26+/m1/s1. The zero-order valence-corrected chi connectivity index (χ0v) is 19.2. The summed E-state index contributed by atoms with van der Waals surface area (Å²) in [4.78, 5) is 13.2. The highest BCUT2D eigenvalue weighted by molar-refractivity contribution is 5.80. The molecule has 170 valence electrons. The van der Waals surface area contributed by atoms with Crippen LogP contribution >= 0.6 is 0 Å². The molecule has 0 aromatic rings. The van der Waals surface area contributed by atoms with Gasteiger partial charge >= 0.3 is 0 Å². The second kappa shape index (κ2) is 8.06. The molecule has 2 N–H and O–H groups in total. The van der Waals surface area contributed by atoms with E-state index in [1.54, 1.807) is 0 Å². The molecule has 1 aliphatic heterocycles. The number of nitrogens with one attached hydrogen (secondary N) is 1. The first-order valence-electron chi connectivity index (χ1n) is 13.0. The fraction of sp³-hybridized carbons (Fsp3) is 0.962. The van der Waals surface area contributed by atoms with Crippen molar-refractivity contribution in [3.63, 3.8) is 0 Å². The summed E-state index contributed by atoms with van der Waals surface area (Å²) in [6, 6.07) is 0. The van der Waals surface area contributed by atoms with E-state index in [1.165, 1.54) is 38.5 Å². The van der Waals surface area contributed by atoms with Crippen molar-refractivity contribution in [1.82, 2.24) is 5.32 Å². The number of fused-ring (bicyclic) bond motifs is 5. The molecule has 0 bridgehead atoms. The Morgan fingerprint density at radius 3 is 2.50 bits per heavy atom. The van der Waals surface area contributed by atoms with Gasteiger partial charge in [-0.05, 0) is 118 Å². The summed E-state index contributed by atoms with van der Waals surface area (Å²) in [6.45, 7) is 7.05. The lowest BCUT2D eigenvalue weighted by molar-refractivity contribution is -0.134. The van der Waals surface area contributed by atoms with Gasteiger partial charge in [-0.1, -0.05) is 6.92 Å². The molecule has 5 fully saturated rings. The predicted octanol–water partition coefficient (Wildman–Crippen LogP) is 4.55. The molecular weight excluding hydrogens is 374 g/mol. The van der Waals surface area contributed by atoms with Crippen molar-refractivity contribution in [3.05, 3.63) is 0 Å². The van der Waals surface area contributed by atoms with E-state index in [0.717, 1.165) is 81.5 Å². The van der Waals surface area contributed by atoms with Crippen molar-refractivity contribution in [2.75, 3.05) is 19.8 Å². The molecule has 1 saturated heterocycles. The van der Waals surface area contributed by atoms with Crippen molar-refractivity contribution in [2.24, 2.45) is 46.8 Å². The predicted molar refractivity (Wildman–Crippen MR) is 118 cm³/mol. The van der Waals surface area contributed by atoms with Crippen LogP contribution < -0.4 is 5.32 Å². The Hall–Kier alpha value is -0.610. The Bertz CT molecular complexity index is 642. The summed E-state index contributed by atoms with van der Waals surface area (Å²) in [6.07, 6.45) is 12.9. The molecular formula is C26H43NO3. The molecule has 5 rings (SSSR count). The zero-order valence-electron chi connectivity index (χ0n) is 19.2. The molecule has 4 aliphatic carbocycles. The molecule has 0 spiro atoms. The number of aliphatic hydroxyl groups is 1. The van der Waals surface area contributed by atoms with Crippen LogP contribution in [0.2, 0.25) is 0 Å². The molecule has 5 aliphatic rings. The molecule has 4 nitrogen and oxygen atoms in total. The van der Waals surface area contributed by atoms with Gasteiger partial charge in [-0.2, -0.15) is 0 Å². The van der Waals surface area contributed by atoms with Crippen LogP contribution in [0.1, 0.15) is 84.5 Å². The van der Waals surface area contributed by atoms with E-state index in [1.807, 2.05) is 6.92 Å². The maximum absolute atomic E-state index is 13.2. The molecule has 0 radical (unpaired) electrons. The number of amides is 1. The summed E-state index contributed by atoms with van der Waals surface area (Å²) < 4.78 is 5.47. The molecule has 0 aromatic heterocycles. The minimum atomic E-state index is -0.432. The highest BCUT2D eigenvalue weighted by atomic mass is 16.5. The summed E-state index contributed by atoms with van der Waals surface area (Å²) in [7, 11) is 0. The smallest absolute Gasteiger partial charge is 0.223 e. The SMILES string of the molecule is C[C@@]1(O)CC[C@H]2[C@H](CC[C@@H]3[C@@H]2CC[C@]2(C)[C@@H](C(=O)NCC4CCOCC4)CC[C@@H]32)C1. The van der Waals surface area contributed by atoms with Crippen molar-refractivity contribution in [1.29, 1.82) is 0 Å². The fourth-order valence-corrected chi connectivity index (χ4v) is 8.83. The Labute approximate surface area is 182 Å². The maximum atomic E-state index is 13.2. The monoisotopic (exact) mass is 417 g/mol. The molecule has 8 atom stereocenters. The van der Waals surface area contributed by atoms with Gasteiger partial charge in [0.25, 0.3) is 0 Å². The molecule has 30 heavy (non-hydrogen) atoms. The van der Waals surface area contributed by atoms with Crippen molar-refractivity contribution in [2.45, 2.75) is 90.1 Å². The van der Waals surface area contributed by atoms with Gasteiger partial charge in [0.2, 0.25) is 5.91 Å². The Balaban J connectivity index is 1.23. The van der Waals surface area contributed by atoms with Gasteiger partial charge < -0.3 is 15.2 Å². The third-order valence-electron chi connectivity index (χ3n) is 10.5. The number of hydrogen-bond acceptors (Lipinski definition) is 3. The van der Waals surface area contributed by atoms with Gasteiger partial charge in [0.1, 0.15) is 0 Å². The van der Waals surface area contributed by atoms with Gasteiger partial charge in [0.05, 0.1) is 5.60 Å². The Morgan fingerprint density at radius 2 is 1.70 bits per heavy atom. The largest absolute Gasteiger partial charge is 0.390 e. The minimum Gasteiger partial charge on any atom is -0.390 e. The molecule has 4 heteroatoms. The average molecular weight is 418 g/mol. The number of carbonyl (C=O) groups is 1. The van der Waals surface area contributed by atoms with Crippen LogP contribution in [0.3, 0.4) is 0 Å². The first-order valence-corrected chi connectivity index (χ1v) is 13.0. The zero-order chi connectivity index (χ0) is 20.9. The normalized spacial score (nSPS) is 49.0. The van der Waals surface area contributed by atoms with E-state index in [9.17, 15) is 9.90 Å². The lowest BCUT2D eigenvalue weighted by Crippen LogP contribution is -2.52. The quantitative estimate of drug-likeness (QED) is 0.708. The minimum absolute atomic E-state index is 0.202. The second-order valence-electron chi connectivity index (χ2n) is 12.2. The van der Waals surface area contributed by atoms with E-state index in [4.69, 9.17) is 4.74 Å². The van der Waals surface area contributed by atoms with Crippen molar-refractivity contribution < 1.29 is 14.6 Å². The van der Waals surface area contributed by atoms with Crippen molar-refractivity contribution in [3.8, 4) is 0 Å². The van der Waals surface area contributed by atoms with Gasteiger partial charge in [-0.15, -0.1) is 0 Å². The van der Waals surface area contributed by atoms with E-state index >= 15 is 0 Å². The van der Waals surface area contributed by atoms with Gasteiger partial charge in [0.15, 0.2) is 0 Å². The molecule has 1 amide bonds. The van der Waals surface area contributed by atoms with E-state index < -0.39 is 5.60 Å². The molecule has 0 unspecified atom stereocenters. The molecule has 0 aromatic carbocycles. The number of hydrogen-bond donors (Lipinski definition) is 2. The van der Waals surface area contributed by atoms with Gasteiger partial charge in [-0.25, -0.2) is 0 Å². The maximum Gasteiger partial charge on any atom is 0.223 e. The van der Waals surface area contributed by atoms with E-state index in [0.29, 0.717) is 11.8 Å². The lowest BCUT2D eigenvalue weighted by atomic mass is 9.49. The van der Waals surface area contributed by atoms with E-state index in [-0.39, 0.29) is 11.3 Å². The van der Waals surface area contributed by atoms with Crippen LogP contribution in [0.15, 0.2) is 0 Å². The second-order valence-corrected chi connectivity index (χ2v) is 12.2.